The van der Waals surface area contributed by atoms with Gasteiger partial charge >= 0.3 is 5.97 Å². The summed E-state index contributed by atoms with van der Waals surface area (Å²) in [6.07, 6.45) is 0. The van der Waals surface area contributed by atoms with Crippen LogP contribution in [0.4, 0.5) is 5.69 Å². The molecule has 94 valence electrons. The van der Waals surface area contributed by atoms with Crippen LogP contribution in [0.2, 0.25) is 0 Å². The average molecular weight is 266 g/mol. The van der Waals surface area contributed by atoms with Gasteiger partial charge in [-0.2, -0.15) is 5.26 Å². The van der Waals surface area contributed by atoms with Gasteiger partial charge in [0.25, 0.3) is 5.69 Å². The van der Waals surface area contributed by atoms with Crippen LogP contribution in [-0.2, 0) is 4.79 Å². The lowest BCUT2D eigenvalue weighted by atomic mass is 10.2. The zero-order valence-electron chi connectivity index (χ0n) is 9.49. The van der Waals surface area contributed by atoms with Crippen LogP contribution in [0, 0.1) is 27.4 Å². The molecule has 0 radical (unpaired) electrons. The van der Waals surface area contributed by atoms with Crippen LogP contribution in [0.15, 0.2) is 23.1 Å². The van der Waals surface area contributed by atoms with E-state index in [4.69, 9.17) is 10.4 Å². The molecule has 1 N–H and O–H groups in total. The Labute approximate surface area is 107 Å². The molecular formula is C11H10N2O4S. The van der Waals surface area contributed by atoms with Crippen molar-refractivity contribution < 1.29 is 14.8 Å². The predicted molar refractivity (Wildman–Crippen MR) is 65.3 cm³/mol. The molecule has 1 atom stereocenters. The summed E-state index contributed by atoms with van der Waals surface area (Å²) >= 11 is 1.10. The number of carbonyl (C=O) groups is 1. The molecule has 18 heavy (non-hydrogen) atoms. The zero-order valence-corrected chi connectivity index (χ0v) is 10.3. The number of hydrogen-bond acceptors (Lipinski definition) is 5. The number of carboxylic acids is 1. The van der Waals surface area contributed by atoms with Gasteiger partial charge in [0.05, 0.1) is 27.4 Å². The summed E-state index contributed by atoms with van der Waals surface area (Å²) in [6, 6.07) is 5.95. The highest BCUT2D eigenvalue weighted by Gasteiger charge is 2.18. The summed E-state index contributed by atoms with van der Waals surface area (Å²) in [4.78, 5) is 21.3. The van der Waals surface area contributed by atoms with E-state index in [2.05, 4.69) is 0 Å². The lowest BCUT2D eigenvalue weighted by Crippen LogP contribution is -2.11. The molecule has 1 aromatic carbocycles. The summed E-state index contributed by atoms with van der Waals surface area (Å²) in [5, 5.41) is 28.2. The number of nitro benzene ring substituents is 1. The Bertz CT molecular complexity index is 524. The highest BCUT2D eigenvalue weighted by molar-refractivity contribution is 7.99. The van der Waals surface area contributed by atoms with Crippen molar-refractivity contribution in [3.63, 3.8) is 0 Å². The number of nitro groups is 1. The second-order valence-corrected chi connectivity index (χ2v) is 4.66. The van der Waals surface area contributed by atoms with Gasteiger partial charge in [0.1, 0.15) is 0 Å². The Morgan fingerprint density at radius 3 is 2.83 bits per heavy atom. The first kappa shape index (κ1) is 14.0. The molecule has 0 saturated carbocycles. The second kappa shape index (κ2) is 6.02. The molecule has 6 nitrogen and oxygen atoms in total. The maximum atomic E-state index is 10.8. The van der Waals surface area contributed by atoms with Crippen LogP contribution in [0.5, 0.6) is 0 Å². The molecule has 0 aliphatic rings. The Balaban J connectivity index is 2.92. The van der Waals surface area contributed by atoms with Gasteiger partial charge in [-0.3, -0.25) is 14.9 Å². The van der Waals surface area contributed by atoms with Crippen LogP contribution >= 0.6 is 11.8 Å². The van der Waals surface area contributed by atoms with E-state index in [0.29, 0.717) is 4.90 Å². The minimum Gasteiger partial charge on any atom is -0.481 e. The van der Waals surface area contributed by atoms with E-state index in [9.17, 15) is 14.9 Å². The van der Waals surface area contributed by atoms with Crippen molar-refractivity contribution in [2.24, 2.45) is 5.92 Å². The number of benzene rings is 1. The highest BCUT2D eigenvalue weighted by Crippen LogP contribution is 2.31. The van der Waals surface area contributed by atoms with Crippen LogP contribution in [0.3, 0.4) is 0 Å². The van der Waals surface area contributed by atoms with E-state index in [1.54, 1.807) is 0 Å². The SMILES string of the molecule is CC(CSc1ccc(C#N)cc1[N+](=O)[O-])C(=O)O. The second-order valence-electron chi connectivity index (χ2n) is 3.60. The van der Waals surface area contributed by atoms with Gasteiger partial charge in [-0.15, -0.1) is 11.8 Å². The molecule has 1 rings (SSSR count). The molecule has 0 fully saturated rings. The highest BCUT2D eigenvalue weighted by atomic mass is 32.2. The van der Waals surface area contributed by atoms with Crippen LogP contribution in [-0.4, -0.2) is 21.8 Å². The van der Waals surface area contributed by atoms with Crippen molar-refractivity contribution in [3.8, 4) is 6.07 Å². The van der Waals surface area contributed by atoms with Crippen molar-refractivity contribution in [3.05, 3.63) is 33.9 Å². The zero-order chi connectivity index (χ0) is 13.7. The Morgan fingerprint density at radius 1 is 1.67 bits per heavy atom. The number of carboxylic acid groups (broad SMARTS) is 1. The molecular weight excluding hydrogens is 256 g/mol. The summed E-state index contributed by atoms with van der Waals surface area (Å²) in [7, 11) is 0. The van der Waals surface area contributed by atoms with Gasteiger partial charge in [-0.05, 0) is 12.1 Å². The molecule has 0 heterocycles. The lowest BCUT2D eigenvalue weighted by molar-refractivity contribution is -0.387. The van der Waals surface area contributed by atoms with Crippen molar-refractivity contribution in [2.75, 3.05) is 5.75 Å². The van der Waals surface area contributed by atoms with E-state index in [1.165, 1.54) is 25.1 Å². The molecule has 0 aliphatic heterocycles. The summed E-state index contributed by atoms with van der Waals surface area (Å²) < 4.78 is 0. The summed E-state index contributed by atoms with van der Waals surface area (Å²) in [6.45, 7) is 1.53. The maximum Gasteiger partial charge on any atom is 0.307 e. The molecule has 1 aromatic rings. The Kier molecular flexibility index (Phi) is 4.68. The van der Waals surface area contributed by atoms with E-state index >= 15 is 0 Å². The van der Waals surface area contributed by atoms with E-state index < -0.39 is 16.8 Å². The van der Waals surface area contributed by atoms with Gasteiger partial charge < -0.3 is 5.11 Å². The standard InChI is InChI=1S/C11H10N2O4S/c1-7(11(14)15)6-18-10-3-2-8(5-12)4-9(10)13(16)17/h2-4,7H,6H2,1H3,(H,14,15). The van der Waals surface area contributed by atoms with E-state index in [1.807, 2.05) is 6.07 Å². The molecule has 0 amide bonds. The molecule has 0 aromatic heterocycles. The predicted octanol–water partition coefficient (Wildman–Crippen LogP) is 2.28. The summed E-state index contributed by atoms with van der Waals surface area (Å²) in [5.41, 5.74) is 0.0361. The molecule has 1 unspecified atom stereocenters. The third kappa shape index (κ3) is 3.46. The maximum absolute atomic E-state index is 10.8. The van der Waals surface area contributed by atoms with E-state index in [0.717, 1.165) is 11.8 Å². The number of rotatable bonds is 5. The molecule has 0 saturated heterocycles. The van der Waals surface area contributed by atoms with E-state index in [-0.39, 0.29) is 17.0 Å². The number of nitrogens with zero attached hydrogens (tertiary/aromatic N) is 2. The fourth-order valence-electron chi connectivity index (χ4n) is 1.14. The first-order valence-corrected chi connectivity index (χ1v) is 5.98. The van der Waals surface area contributed by atoms with Crippen molar-refractivity contribution >= 4 is 23.4 Å². The first-order chi connectivity index (χ1) is 8.45. The average Bonchev–Trinajstić information content (AvgIpc) is 2.35. The van der Waals surface area contributed by atoms with Gasteiger partial charge in [-0.1, -0.05) is 6.92 Å². The summed E-state index contributed by atoms with van der Waals surface area (Å²) in [5.74, 6) is -1.30. The van der Waals surface area contributed by atoms with Crippen molar-refractivity contribution in [1.29, 1.82) is 5.26 Å². The van der Waals surface area contributed by atoms with Crippen molar-refractivity contribution in [2.45, 2.75) is 11.8 Å². The van der Waals surface area contributed by atoms with Gasteiger partial charge in [0.2, 0.25) is 0 Å². The van der Waals surface area contributed by atoms with Crippen molar-refractivity contribution in [1.82, 2.24) is 0 Å². The molecule has 0 spiro atoms. The Hall–Kier alpha value is -2.07. The Morgan fingerprint density at radius 2 is 2.33 bits per heavy atom. The number of hydrogen-bond donors (Lipinski definition) is 1. The topological polar surface area (TPSA) is 104 Å². The largest absolute Gasteiger partial charge is 0.481 e. The van der Waals surface area contributed by atoms with Crippen LogP contribution < -0.4 is 0 Å². The minimum absolute atomic E-state index is 0.170. The molecule has 7 heteroatoms. The quantitative estimate of drug-likeness (QED) is 0.498. The normalized spacial score (nSPS) is 11.6. The molecule has 0 bridgehead atoms. The monoisotopic (exact) mass is 266 g/mol. The lowest BCUT2D eigenvalue weighted by Gasteiger charge is -2.06. The van der Waals surface area contributed by atoms with Gasteiger partial charge in [0, 0.05) is 11.8 Å². The fraction of sp³-hybridized carbons (Fsp3) is 0.273. The fourth-order valence-corrected chi connectivity index (χ4v) is 2.16. The van der Waals surface area contributed by atoms with Gasteiger partial charge in [0.15, 0.2) is 0 Å². The molecule has 0 aliphatic carbocycles. The third-order valence-corrected chi connectivity index (χ3v) is 3.52. The number of thioether (sulfide) groups is 1. The van der Waals surface area contributed by atoms with Crippen LogP contribution in [0.1, 0.15) is 12.5 Å². The van der Waals surface area contributed by atoms with Gasteiger partial charge in [-0.25, -0.2) is 0 Å². The number of aliphatic carboxylic acids is 1. The minimum atomic E-state index is -0.946. The first-order valence-electron chi connectivity index (χ1n) is 5.00. The number of nitriles is 1. The third-order valence-electron chi connectivity index (χ3n) is 2.20. The van der Waals surface area contributed by atoms with Crippen LogP contribution in [0.25, 0.3) is 0 Å². The smallest absolute Gasteiger partial charge is 0.307 e.